The molecule has 34 heavy (non-hydrogen) atoms. The quantitative estimate of drug-likeness (QED) is 0.374. The summed E-state index contributed by atoms with van der Waals surface area (Å²) in [6.07, 6.45) is 0.242. The lowest BCUT2D eigenvalue weighted by atomic mass is 10.1. The van der Waals surface area contributed by atoms with E-state index in [1.54, 1.807) is 12.4 Å². The molecule has 0 spiro atoms. The number of hydrogen-bond acceptors (Lipinski definition) is 7. The summed E-state index contributed by atoms with van der Waals surface area (Å²) in [5, 5.41) is 14.9. The maximum Gasteiger partial charge on any atom is 0.314 e. The van der Waals surface area contributed by atoms with Gasteiger partial charge in [-0.3, -0.25) is 9.88 Å². The number of nitrogens with zero attached hydrogens (tertiary/aromatic N) is 7. The van der Waals surface area contributed by atoms with Gasteiger partial charge in [-0.2, -0.15) is 8.78 Å². The molecule has 1 saturated heterocycles. The van der Waals surface area contributed by atoms with Crippen molar-refractivity contribution in [1.29, 1.82) is 0 Å². The molecule has 0 unspecified atom stereocenters. The second-order valence-corrected chi connectivity index (χ2v) is 8.01. The largest absolute Gasteiger partial charge is 0.415 e. The lowest BCUT2D eigenvalue weighted by Gasteiger charge is -2.13. The predicted octanol–water partition coefficient (Wildman–Crippen LogP) is 4.06. The number of likely N-dealkylation sites (tertiary alicyclic amines) is 1. The van der Waals surface area contributed by atoms with Gasteiger partial charge in [-0.25, -0.2) is 13.5 Å². The highest BCUT2D eigenvalue weighted by molar-refractivity contribution is 5.56. The second-order valence-electron chi connectivity index (χ2n) is 8.01. The van der Waals surface area contributed by atoms with E-state index in [9.17, 15) is 17.6 Å². The molecule has 1 fully saturated rings. The first-order valence-corrected chi connectivity index (χ1v) is 10.6. The highest BCUT2D eigenvalue weighted by Crippen LogP contribution is 2.25. The van der Waals surface area contributed by atoms with E-state index < -0.39 is 24.3 Å². The normalized spacial score (nSPS) is 16.6. The zero-order valence-electron chi connectivity index (χ0n) is 17.8. The Morgan fingerprint density at radius 3 is 2.59 bits per heavy atom. The molecule has 0 radical (unpaired) electrons. The van der Waals surface area contributed by atoms with Crippen molar-refractivity contribution in [2.75, 3.05) is 13.1 Å². The van der Waals surface area contributed by atoms with Crippen molar-refractivity contribution in [3.8, 4) is 22.7 Å². The van der Waals surface area contributed by atoms with Crippen LogP contribution in [0.4, 0.5) is 17.6 Å². The van der Waals surface area contributed by atoms with E-state index in [0.717, 1.165) is 23.9 Å². The number of pyridine rings is 1. The minimum absolute atomic E-state index is 0.107. The molecule has 4 aromatic rings. The van der Waals surface area contributed by atoms with Gasteiger partial charge in [0, 0.05) is 42.5 Å². The molecule has 0 bridgehead atoms. The number of alkyl halides is 3. The van der Waals surface area contributed by atoms with Gasteiger partial charge in [0.25, 0.3) is 5.89 Å². The molecule has 1 atom stereocenters. The average molecular weight is 473 g/mol. The fourth-order valence-electron chi connectivity index (χ4n) is 3.76. The van der Waals surface area contributed by atoms with Gasteiger partial charge in [0.1, 0.15) is 17.7 Å². The van der Waals surface area contributed by atoms with Crippen molar-refractivity contribution < 1.29 is 22.0 Å². The van der Waals surface area contributed by atoms with Crippen molar-refractivity contribution in [3.63, 3.8) is 0 Å². The highest BCUT2D eigenvalue weighted by atomic mass is 19.3. The molecular formula is C22H19F4N7O. The Bertz CT molecular complexity index is 1270. The van der Waals surface area contributed by atoms with Crippen molar-refractivity contribution in [2.24, 2.45) is 0 Å². The second kappa shape index (κ2) is 9.29. The summed E-state index contributed by atoms with van der Waals surface area (Å²) in [6, 6.07) is 7.88. The lowest BCUT2D eigenvalue weighted by Crippen LogP contribution is -2.20. The van der Waals surface area contributed by atoms with Crippen LogP contribution in [0.3, 0.4) is 0 Å². The standard InChI is InChI=1S/C22H19F4N7O/c23-16-5-6-32(10-16)11-17-4-3-14(8-27-17)19-12-33(31-28-19)9-15-2-1-13(7-18(15)24)21-29-30-22(34-21)20(25)26/h1-4,7-8,12,16,20H,5-6,9-11H2/t16-/m0/s1. The third kappa shape index (κ3) is 4.81. The molecule has 1 aromatic carbocycles. The highest BCUT2D eigenvalue weighted by Gasteiger charge is 2.22. The van der Waals surface area contributed by atoms with Gasteiger partial charge in [0.05, 0.1) is 18.4 Å². The molecule has 0 aliphatic carbocycles. The molecule has 3 aromatic heterocycles. The minimum Gasteiger partial charge on any atom is -0.415 e. The fraction of sp³-hybridized carbons (Fsp3) is 0.318. The van der Waals surface area contributed by atoms with Crippen LogP contribution in [0.1, 0.15) is 30.0 Å². The summed E-state index contributed by atoms with van der Waals surface area (Å²) in [7, 11) is 0. The van der Waals surface area contributed by atoms with Crippen molar-refractivity contribution in [2.45, 2.75) is 32.1 Å². The number of hydrogen-bond donors (Lipinski definition) is 0. The molecule has 1 aliphatic rings. The van der Waals surface area contributed by atoms with E-state index in [-0.39, 0.29) is 18.0 Å². The summed E-state index contributed by atoms with van der Waals surface area (Å²) in [5.74, 6) is -1.58. The van der Waals surface area contributed by atoms with Crippen LogP contribution in [0.2, 0.25) is 0 Å². The summed E-state index contributed by atoms with van der Waals surface area (Å²) in [5.41, 5.74) is 2.68. The molecule has 5 rings (SSSR count). The van der Waals surface area contributed by atoms with Gasteiger partial charge in [0.15, 0.2) is 0 Å². The van der Waals surface area contributed by atoms with Crippen molar-refractivity contribution >= 4 is 0 Å². The van der Waals surface area contributed by atoms with Crippen LogP contribution in [0.25, 0.3) is 22.7 Å². The summed E-state index contributed by atoms with van der Waals surface area (Å²) in [6.45, 7) is 1.86. The molecule has 0 saturated carbocycles. The Kier molecular flexibility index (Phi) is 6.05. The Hall–Kier alpha value is -3.67. The molecule has 12 heteroatoms. The first-order valence-electron chi connectivity index (χ1n) is 10.6. The molecule has 8 nitrogen and oxygen atoms in total. The van der Waals surface area contributed by atoms with E-state index in [2.05, 4.69) is 25.5 Å². The number of halogens is 4. The third-order valence-corrected chi connectivity index (χ3v) is 5.52. The van der Waals surface area contributed by atoms with Crippen molar-refractivity contribution in [1.82, 2.24) is 35.1 Å². The predicted molar refractivity (Wildman–Crippen MR) is 112 cm³/mol. The zero-order chi connectivity index (χ0) is 23.7. The molecule has 0 N–H and O–H groups in total. The van der Waals surface area contributed by atoms with Crippen LogP contribution in [0.5, 0.6) is 0 Å². The molecule has 176 valence electrons. The van der Waals surface area contributed by atoms with Crippen LogP contribution in [-0.4, -0.2) is 54.3 Å². The van der Waals surface area contributed by atoms with Crippen LogP contribution in [0.15, 0.2) is 47.1 Å². The first kappa shape index (κ1) is 22.1. The van der Waals surface area contributed by atoms with Gasteiger partial charge in [-0.15, -0.1) is 15.3 Å². The Morgan fingerprint density at radius 2 is 1.91 bits per heavy atom. The monoisotopic (exact) mass is 473 g/mol. The smallest absolute Gasteiger partial charge is 0.314 e. The molecule has 0 amide bonds. The van der Waals surface area contributed by atoms with Crippen molar-refractivity contribution in [3.05, 3.63) is 65.7 Å². The summed E-state index contributed by atoms with van der Waals surface area (Å²) >= 11 is 0. The fourth-order valence-corrected chi connectivity index (χ4v) is 3.76. The Labute approximate surface area is 191 Å². The van der Waals surface area contributed by atoms with Crippen LogP contribution < -0.4 is 0 Å². The van der Waals surface area contributed by atoms with E-state index in [4.69, 9.17) is 4.42 Å². The average Bonchev–Trinajstić information content (AvgIpc) is 3.57. The van der Waals surface area contributed by atoms with Gasteiger partial charge in [-0.1, -0.05) is 11.3 Å². The maximum absolute atomic E-state index is 14.6. The number of benzene rings is 1. The molecular weight excluding hydrogens is 454 g/mol. The van der Waals surface area contributed by atoms with Gasteiger partial charge in [0.2, 0.25) is 5.89 Å². The SMILES string of the molecule is Fc1cc(-c2nnc(C(F)F)o2)ccc1Cn1cc(-c2ccc(CN3CC[C@H](F)C3)nc2)nn1. The number of aromatic nitrogens is 6. The van der Waals surface area contributed by atoms with Gasteiger partial charge in [-0.05, 0) is 30.7 Å². The first-order chi connectivity index (χ1) is 16.4. The Morgan fingerprint density at radius 1 is 1.06 bits per heavy atom. The summed E-state index contributed by atoms with van der Waals surface area (Å²) < 4.78 is 59.5. The van der Waals surface area contributed by atoms with Gasteiger partial charge < -0.3 is 4.42 Å². The van der Waals surface area contributed by atoms with Crippen LogP contribution in [0, 0.1) is 5.82 Å². The van der Waals surface area contributed by atoms with E-state index >= 15 is 0 Å². The third-order valence-electron chi connectivity index (χ3n) is 5.52. The topological polar surface area (TPSA) is 85.8 Å². The van der Waals surface area contributed by atoms with Gasteiger partial charge >= 0.3 is 6.43 Å². The van der Waals surface area contributed by atoms with Crippen LogP contribution in [-0.2, 0) is 13.1 Å². The molecule has 4 heterocycles. The number of rotatable bonds is 7. The van der Waals surface area contributed by atoms with E-state index in [1.807, 2.05) is 17.0 Å². The summed E-state index contributed by atoms with van der Waals surface area (Å²) in [4.78, 5) is 6.46. The Balaban J connectivity index is 1.25. The lowest BCUT2D eigenvalue weighted by molar-refractivity contribution is 0.116. The molecule has 1 aliphatic heterocycles. The maximum atomic E-state index is 14.6. The minimum atomic E-state index is -2.90. The van der Waals surface area contributed by atoms with E-state index in [1.165, 1.54) is 16.8 Å². The zero-order valence-corrected chi connectivity index (χ0v) is 17.8. The van der Waals surface area contributed by atoms with Crippen LogP contribution >= 0.6 is 0 Å². The van der Waals surface area contributed by atoms with E-state index in [0.29, 0.717) is 30.8 Å².